The highest BCUT2D eigenvalue weighted by Gasteiger charge is 2.33. The van der Waals surface area contributed by atoms with E-state index in [1.807, 2.05) is 4.90 Å². The molecule has 0 saturated carbocycles. The van der Waals surface area contributed by atoms with Crippen LogP contribution in [-0.2, 0) is 12.8 Å². The van der Waals surface area contributed by atoms with Gasteiger partial charge in [0.2, 0.25) is 0 Å². The molecule has 2 aromatic rings. The van der Waals surface area contributed by atoms with Crippen molar-refractivity contribution in [3.8, 4) is 5.75 Å². The zero-order valence-corrected chi connectivity index (χ0v) is 17.6. The first kappa shape index (κ1) is 20.0. The maximum Gasteiger partial charge on any atom is 0.289 e. The fourth-order valence-corrected chi connectivity index (χ4v) is 5.00. The number of benzene rings is 1. The number of likely N-dealkylation sites (tertiary alicyclic amines) is 1. The number of fused-ring (bicyclic) bond motifs is 1. The second-order valence-corrected chi connectivity index (χ2v) is 8.27. The predicted octanol–water partition coefficient (Wildman–Crippen LogP) is 4.16. The van der Waals surface area contributed by atoms with Gasteiger partial charge in [-0.3, -0.25) is 9.69 Å². The van der Waals surface area contributed by atoms with Crippen LogP contribution in [0.15, 0.2) is 41.0 Å². The highest BCUT2D eigenvalue weighted by Crippen LogP contribution is 2.31. The third-order valence-corrected chi connectivity index (χ3v) is 6.52. The maximum absolute atomic E-state index is 12.6. The van der Waals surface area contributed by atoms with Crippen molar-refractivity contribution in [2.75, 3.05) is 26.7 Å². The van der Waals surface area contributed by atoms with E-state index in [0.29, 0.717) is 17.8 Å². The van der Waals surface area contributed by atoms with E-state index in [1.54, 1.807) is 25.5 Å². The third-order valence-electron chi connectivity index (χ3n) is 6.52. The largest absolute Gasteiger partial charge is 0.497 e. The number of aryl methyl sites for hydroxylation is 1. The van der Waals surface area contributed by atoms with Crippen molar-refractivity contribution in [1.82, 2.24) is 9.80 Å². The van der Waals surface area contributed by atoms with Crippen LogP contribution in [0.5, 0.6) is 5.75 Å². The number of nitrogens with zero attached hydrogens (tertiary/aromatic N) is 2. The van der Waals surface area contributed by atoms with Crippen LogP contribution in [0.2, 0.25) is 0 Å². The lowest BCUT2D eigenvalue weighted by molar-refractivity contribution is 0.0485. The molecule has 1 aromatic heterocycles. The Labute approximate surface area is 173 Å². The number of furan rings is 1. The molecule has 1 aliphatic carbocycles. The summed E-state index contributed by atoms with van der Waals surface area (Å²) < 4.78 is 10.7. The Bertz CT molecular complexity index is 810. The van der Waals surface area contributed by atoms with Crippen molar-refractivity contribution in [3.63, 3.8) is 0 Å². The molecule has 0 spiro atoms. The fraction of sp³-hybridized carbons (Fsp3) is 0.542. The number of amides is 1. The first-order valence-electron chi connectivity index (χ1n) is 10.9. The molecule has 2 aliphatic rings. The third kappa shape index (κ3) is 4.35. The highest BCUT2D eigenvalue weighted by molar-refractivity contribution is 5.91. The standard InChI is InChI=1S/C24H32N2O3/c1-3-12-26(21-8-6-18-7-9-22(28-2)17-19(18)16-21)20-10-13-25(14-11-20)24(27)23-5-4-15-29-23/h4-5,7,9,15,17,20-21H,3,6,8,10-14,16H2,1-2H3. The summed E-state index contributed by atoms with van der Waals surface area (Å²) in [5, 5.41) is 0. The van der Waals surface area contributed by atoms with Crippen LogP contribution in [0.3, 0.4) is 0 Å². The minimum absolute atomic E-state index is 0.0224. The lowest BCUT2D eigenvalue weighted by Crippen LogP contribution is -2.51. The summed E-state index contributed by atoms with van der Waals surface area (Å²) in [4.78, 5) is 17.2. The van der Waals surface area contributed by atoms with Crippen molar-refractivity contribution in [2.24, 2.45) is 0 Å². The Morgan fingerprint density at radius 1 is 1.17 bits per heavy atom. The van der Waals surface area contributed by atoms with E-state index in [4.69, 9.17) is 9.15 Å². The van der Waals surface area contributed by atoms with Gasteiger partial charge in [0, 0.05) is 25.2 Å². The second-order valence-electron chi connectivity index (χ2n) is 8.27. The number of ether oxygens (including phenoxy) is 1. The van der Waals surface area contributed by atoms with Gasteiger partial charge in [0.25, 0.3) is 5.91 Å². The van der Waals surface area contributed by atoms with E-state index >= 15 is 0 Å². The van der Waals surface area contributed by atoms with Gasteiger partial charge in [-0.1, -0.05) is 13.0 Å². The summed E-state index contributed by atoms with van der Waals surface area (Å²) in [6, 6.07) is 11.2. The normalized spacial score (nSPS) is 20.0. The summed E-state index contributed by atoms with van der Waals surface area (Å²) in [6.45, 7) is 5.01. The van der Waals surface area contributed by atoms with Gasteiger partial charge in [-0.05, 0) is 80.5 Å². The van der Waals surface area contributed by atoms with Gasteiger partial charge >= 0.3 is 0 Å². The van der Waals surface area contributed by atoms with Gasteiger partial charge in [0.1, 0.15) is 5.75 Å². The molecule has 4 rings (SSSR count). The van der Waals surface area contributed by atoms with Crippen LogP contribution >= 0.6 is 0 Å². The zero-order valence-electron chi connectivity index (χ0n) is 17.6. The number of carbonyl (C=O) groups excluding carboxylic acids is 1. The van der Waals surface area contributed by atoms with Gasteiger partial charge in [-0.2, -0.15) is 0 Å². The smallest absolute Gasteiger partial charge is 0.289 e. The molecule has 1 aromatic carbocycles. The first-order valence-corrected chi connectivity index (χ1v) is 10.9. The van der Waals surface area contributed by atoms with Crippen molar-refractivity contribution in [2.45, 2.75) is 57.5 Å². The number of hydrogen-bond acceptors (Lipinski definition) is 4. The van der Waals surface area contributed by atoms with Gasteiger partial charge in [-0.15, -0.1) is 0 Å². The van der Waals surface area contributed by atoms with Gasteiger partial charge < -0.3 is 14.1 Å². The lowest BCUT2D eigenvalue weighted by Gasteiger charge is -2.44. The van der Waals surface area contributed by atoms with E-state index in [2.05, 4.69) is 30.0 Å². The molecule has 1 saturated heterocycles. The van der Waals surface area contributed by atoms with Crippen LogP contribution in [0.4, 0.5) is 0 Å². The van der Waals surface area contributed by atoms with E-state index in [1.165, 1.54) is 17.5 Å². The average Bonchev–Trinajstić information content (AvgIpc) is 3.31. The fourth-order valence-electron chi connectivity index (χ4n) is 5.00. The minimum Gasteiger partial charge on any atom is -0.497 e. The van der Waals surface area contributed by atoms with Crippen molar-refractivity contribution < 1.29 is 13.9 Å². The van der Waals surface area contributed by atoms with Gasteiger partial charge in [0.05, 0.1) is 13.4 Å². The highest BCUT2D eigenvalue weighted by atomic mass is 16.5. The van der Waals surface area contributed by atoms with Crippen LogP contribution in [0.25, 0.3) is 0 Å². The molecular weight excluding hydrogens is 364 g/mol. The minimum atomic E-state index is 0.0224. The number of rotatable bonds is 6. The topological polar surface area (TPSA) is 45.9 Å². The molecule has 1 aliphatic heterocycles. The predicted molar refractivity (Wildman–Crippen MR) is 113 cm³/mol. The SMILES string of the molecule is CCCN(C1CCN(C(=O)c2ccco2)CC1)C1CCc2ccc(OC)cc2C1. The van der Waals surface area contributed by atoms with Crippen molar-refractivity contribution >= 4 is 5.91 Å². The second kappa shape index (κ2) is 9.04. The zero-order chi connectivity index (χ0) is 20.2. The average molecular weight is 397 g/mol. The summed E-state index contributed by atoms with van der Waals surface area (Å²) in [5.41, 5.74) is 2.91. The van der Waals surface area contributed by atoms with E-state index < -0.39 is 0 Å². The number of carbonyl (C=O) groups is 1. The maximum atomic E-state index is 12.6. The molecule has 0 radical (unpaired) electrons. The Kier molecular flexibility index (Phi) is 6.24. The number of methoxy groups -OCH3 is 1. The van der Waals surface area contributed by atoms with Crippen LogP contribution in [0.1, 0.15) is 54.3 Å². The van der Waals surface area contributed by atoms with E-state index in [0.717, 1.165) is 57.5 Å². The summed E-state index contributed by atoms with van der Waals surface area (Å²) in [7, 11) is 1.74. The van der Waals surface area contributed by atoms with Gasteiger partial charge in [-0.25, -0.2) is 0 Å². The Balaban J connectivity index is 1.41. The number of piperidine rings is 1. The molecule has 5 heteroatoms. The van der Waals surface area contributed by atoms with E-state index in [-0.39, 0.29) is 5.91 Å². The molecule has 156 valence electrons. The van der Waals surface area contributed by atoms with Crippen LogP contribution in [-0.4, -0.2) is 54.5 Å². The molecule has 0 N–H and O–H groups in total. The molecule has 2 heterocycles. The van der Waals surface area contributed by atoms with Crippen LogP contribution < -0.4 is 4.74 Å². The Hall–Kier alpha value is -2.27. The Morgan fingerprint density at radius 3 is 2.69 bits per heavy atom. The van der Waals surface area contributed by atoms with Crippen LogP contribution in [0, 0.1) is 0 Å². The summed E-state index contributed by atoms with van der Waals surface area (Å²) >= 11 is 0. The molecule has 1 unspecified atom stereocenters. The van der Waals surface area contributed by atoms with E-state index in [9.17, 15) is 4.79 Å². The molecule has 1 atom stereocenters. The summed E-state index contributed by atoms with van der Waals surface area (Å²) in [6.07, 6.45) is 8.25. The summed E-state index contributed by atoms with van der Waals surface area (Å²) in [5.74, 6) is 1.43. The molecule has 29 heavy (non-hydrogen) atoms. The lowest BCUT2D eigenvalue weighted by atomic mass is 9.85. The Morgan fingerprint density at radius 2 is 2.00 bits per heavy atom. The molecular formula is C24H32N2O3. The quantitative estimate of drug-likeness (QED) is 0.735. The van der Waals surface area contributed by atoms with Crippen molar-refractivity contribution in [3.05, 3.63) is 53.5 Å². The first-order chi connectivity index (χ1) is 14.2. The molecule has 1 amide bonds. The van der Waals surface area contributed by atoms with Crippen molar-refractivity contribution in [1.29, 1.82) is 0 Å². The molecule has 5 nitrogen and oxygen atoms in total. The van der Waals surface area contributed by atoms with Gasteiger partial charge in [0.15, 0.2) is 5.76 Å². The monoisotopic (exact) mass is 396 g/mol. The molecule has 0 bridgehead atoms. The number of hydrogen-bond donors (Lipinski definition) is 0. The molecule has 1 fully saturated rings.